The van der Waals surface area contributed by atoms with Crippen molar-refractivity contribution in [1.82, 2.24) is 9.97 Å². The minimum absolute atomic E-state index is 0.261. The van der Waals surface area contributed by atoms with E-state index in [0.29, 0.717) is 6.04 Å². The van der Waals surface area contributed by atoms with E-state index in [1.54, 1.807) is 12.5 Å². The molecule has 1 aliphatic heterocycles. The highest BCUT2D eigenvalue weighted by atomic mass is 79.9. The van der Waals surface area contributed by atoms with Crippen molar-refractivity contribution in [3.63, 3.8) is 0 Å². The zero-order valence-corrected chi connectivity index (χ0v) is 10.4. The Balaban J connectivity index is 2.20. The second kappa shape index (κ2) is 4.45. The highest BCUT2D eigenvalue weighted by molar-refractivity contribution is 9.10. The van der Waals surface area contributed by atoms with Crippen molar-refractivity contribution in [3.05, 3.63) is 17.0 Å². The molecule has 15 heavy (non-hydrogen) atoms. The molecule has 2 heterocycles. The van der Waals surface area contributed by atoms with Crippen LogP contribution >= 0.6 is 15.9 Å². The number of rotatable bonds is 2. The Labute approximate surface area is 97.8 Å². The van der Waals surface area contributed by atoms with Gasteiger partial charge in [0.25, 0.3) is 0 Å². The molecule has 0 amide bonds. The van der Waals surface area contributed by atoms with E-state index in [4.69, 9.17) is 4.74 Å². The second-order valence-corrected chi connectivity index (χ2v) is 4.59. The Morgan fingerprint density at radius 1 is 1.60 bits per heavy atom. The molecule has 1 aromatic rings. The monoisotopic (exact) mass is 271 g/mol. The lowest BCUT2D eigenvalue weighted by molar-refractivity contribution is 0.118. The van der Waals surface area contributed by atoms with Crippen LogP contribution in [0.2, 0.25) is 0 Å². The fourth-order valence-electron chi connectivity index (χ4n) is 1.95. The van der Waals surface area contributed by atoms with Crippen LogP contribution in [0.3, 0.4) is 0 Å². The van der Waals surface area contributed by atoms with Crippen molar-refractivity contribution < 1.29 is 4.74 Å². The predicted octanol–water partition coefficient (Wildman–Crippen LogP) is 1.85. The molecule has 1 aliphatic rings. The van der Waals surface area contributed by atoms with E-state index in [2.05, 4.69) is 37.7 Å². The van der Waals surface area contributed by atoms with Crippen LogP contribution in [0.4, 0.5) is 5.82 Å². The molecule has 5 heteroatoms. The van der Waals surface area contributed by atoms with E-state index in [-0.39, 0.29) is 6.10 Å². The molecule has 0 N–H and O–H groups in total. The van der Waals surface area contributed by atoms with Gasteiger partial charge in [0.2, 0.25) is 0 Å². The maximum atomic E-state index is 5.55. The van der Waals surface area contributed by atoms with Gasteiger partial charge < -0.3 is 9.64 Å². The fraction of sp³-hybridized carbons (Fsp3) is 0.600. The topological polar surface area (TPSA) is 38.2 Å². The third-order valence-electron chi connectivity index (χ3n) is 2.82. The minimum atomic E-state index is 0.261. The molecule has 0 aliphatic carbocycles. The van der Waals surface area contributed by atoms with Gasteiger partial charge in [-0.2, -0.15) is 0 Å². The molecule has 0 aromatic carbocycles. The Morgan fingerprint density at radius 3 is 3.00 bits per heavy atom. The molecule has 0 saturated carbocycles. The standard InChI is InChI=1S/C10H14BrN3O/c1-7-9(3-4-15-7)14(2)10-8(11)5-12-6-13-10/h5-7,9H,3-4H2,1-2H3. The van der Waals surface area contributed by atoms with Crippen molar-refractivity contribution >= 4 is 21.7 Å². The summed E-state index contributed by atoms with van der Waals surface area (Å²) in [6.07, 6.45) is 4.64. The number of aromatic nitrogens is 2. The molecular formula is C10H14BrN3O. The van der Waals surface area contributed by atoms with Gasteiger partial charge in [-0.15, -0.1) is 0 Å². The van der Waals surface area contributed by atoms with Gasteiger partial charge in [-0.05, 0) is 29.3 Å². The van der Waals surface area contributed by atoms with Crippen LogP contribution in [0.15, 0.2) is 17.0 Å². The summed E-state index contributed by atoms with van der Waals surface area (Å²) in [5.41, 5.74) is 0. The number of hydrogen-bond acceptors (Lipinski definition) is 4. The Hall–Kier alpha value is -0.680. The lowest BCUT2D eigenvalue weighted by atomic mass is 10.1. The molecule has 1 fully saturated rings. The largest absolute Gasteiger partial charge is 0.376 e. The summed E-state index contributed by atoms with van der Waals surface area (Å²) >= 11 is 3.46. The van der Waals surface area contributed by atoms with Crippen LogP contribution in [-0.2, 0) is 4.74 Å². The molecule has 0 radical (unpaired) electrons. The summed E-state index contributed by atoms with van der Waals surface area (Å²) in [5.74, 6) is 0.923. The van der Waals surface area contributed by atoms with Crippen molar-refractivity contribution in [3.8, 4) is 0 Å². The number of likely N-dealkylation sites (N-methyl/N-ethyl adjacent to an activating group) is 1. The number of nitrogens with zero attached hydrogens (tertiary/aromatic N) is 3. The van der Waals surface area contributed by atoms with Gasteiger partial charge in [-0.1, -0.05) is 0 Å². The zero-order valence-electron chi connectivity index (χ0n) is 8.85. The number of hydrogen-bond donors (Lipinski definition) is 0. The van der Waals surface area contributed by atoms with Crippen LogP contribution in [-0.4, -0.2) is 35.8 Å². The van der Waals surface area contributed by atoms with E-state index in [1.807, 2.05) is 7.05 Å². The fourth-order valence-corrected chi connectivity index (χ4v) is 2.45. The summed E-state index contributed by atoms with van der Waals surface area (Å²) in [6.45, 7) is 2.93. The molecule has 0 bridgehead atoms. The van der Waals surface area contributed by atoms with Gasteiger partial charge in [0, 0.05) is 19.9 Å². The van der Waals surface area contributed by atoms with Crippen LogP contribution in [0.25, 0.3) is 0 Å². The molecule has 0 spiro atoms. The van der Waals surface area contributed by atoms with Crippen LogP contribution < -0.4 is 4.90 Å². The average Bonchev–Trinajstić information content (AvgIpc) is 2.64. The van der Waals surface area contributed by atoms with E-state index in [1.165, 1.54) is 0 Å². The maximum absolute atomic E-state index is 5.55. The van der Waals surface area contributed by atoms with Crippen molar-refractivity contribution in [2.24, 2.45) is 0 Å². The van der Waals surface area contributed by atoms with Crippen molar-refractivity contribution in [2.45, 2.75) is 25.5 Å². The molecule has 2 unspecified atom stereocenters. The first kappa shape index (κ1) is 10.8. The Bertz CT molecular complexity index is 347. The molecular weight excluding hydrogens is 258 g/mol. The highest BCUT2D eigenvalue weighted by Crippen LogP contribution is 2.27. The first-order valence-electron chi connectivity index (χ1n) is 5.00. The van der Waals surface area contributed by atoms with E-state index in [0.717, 1.165) is 23.3 Å². The molecule has 2 atom stereocenters. The molecule has 1 aromatic heterocycles. The minimum Gasteiger partial charge on any atom is -0.376 e. The number of halogens is 1. The first-order valence-corrected chi connectivity index (χ1v) is 5.79. The molecule has 2 rings (SSSR count). The Kier molecular flexibility index (Phi) is 3.21. The van der Waals surface area contributed by atoms with Gasteiger partial charge in [0.15, 0.2) is 0 Å². The van der Waals surface area contributed by atoms with Gasteiger partial charge in [-0.3, -0.25) is 0 Å². The normalized spacial score (nSPS) is 25.5. The van der Waals surface area contributed by atoms with Gasteiger partial charge >= 0.3 is 0 Å². The second-order valence-electron chi connectivity index (χ2n) is 3.74. The third kappa shape index (κ3) is 2.13. The summed E-state index contributed by atoms with van der Waals surface area (Å²) in [6, 6.07) is 0.399. The zero-order chi connectivity index (χ0) is 10.8. The van der Waals surface area contributed by atoms with Gasteiger partial charge in [-0.25, -0.2) is 9.97 Å². The maximum Gasteiger partial charge on any atom is 0.146 e. The number of ether oxygens (including phenoxy) is 1. The summed E-state index contributed by atoms with van der Waals surface area (Å²) in [5, 5.41) is 0. The first-order chi connectivity index (χ1) is 7.20. The summed E-state index contributed by atoms with van der Waals surface area (Å²) in [4.78, 5) is 10.4. The average molecular weight is 272 g/mol. The smallest absolute Gasteiger partial charge is 0.146 e. The Morgan fingerprint density at radius 2 is 2.40 bits per heavy atom. The number of anilines is 1. The summed E-state index contributed by atoms with van der Waals surface area (Å²) in [7, 11) is 2.04. The lowest BCUT2D eigenvalue weighted by Crippen LogP contribution is -2.37. The van der Waals surface area contributed by atoms with Crippen LogP contribution in [0.1, 0.15) is 13.3 Å². The molecule has 4 nitrogen and oxygen atoms in total. The SMILES string of the molecule is CC1OCCC1N(C)c1ncncc1Br. The van der Waals surface area contributed by atoms with E-state index < -0.39 is 0 Å². The molecule has 1 saturated heterocycles. The van der Waals surface area contributed by atoms with Crippen molar-refractivity contribution in [2.75, 3.05) is 18.6 Å². The van der Waals surface area contributed by atoms with Crippen LogP contribution in [0.5, 0.6) is 0 Å². The highest BCUT2D eigenvalue weighted by Gasteiger charge is 2.29. The van der Waals surface area contributed by atoms with E-state index >= 15 is 0 Å². The van der Waals surface area contributed by atoms with E-state index in [9.17, 15) is 0 Å². The predicted molar refractivity (Wildman–Crippen MR) is 62.0 cm³/mol. The van der Waals surface area contributed by atoms with Crippen LogP contribution in [0, 0.1) is 0 Å². The summed E-state index contributed by atoms with van der Waals surface area (Å²) < 4.78 is 6.47. The lowest BCUT2D eigenvalue weighted by Gasteiger charge is -2.28. The van der Waals surface area contributed by atoms with Gasteiger partial charge in [0.1, 0.15) is 12.1 Å². The molecule has 82 valence electrons. The van der Waals surface area contributed by atoms with Crippen molar-refractivity contribution in [1.29, 1.82) is 0 Å². The quantitative estimate of drug-likeness (QED) is 0.823. The van der Waals surface area contributed by atoms with Gasteiger partial charge in [0.05, 0.1) is 16.6 Å². The third-order valence-corrected chi connectivity index (χ3v) is 3.38.